The van der Waals surface area contributed by atoms with E-state index in [1.54, 1.807) is 4.31 Å². The average molecular weight is 443 g/mol. The van der Waals surface area contributed by atoms with Gasteiger partial charge in [0, 0.05) is 50.5 Å². The molecule has 0 aliphatic carbocycles. The number of sulfonamides is 1. The molecule has 168 valence electrons. The molecule has 0 unspecified atom stereocenters. The number of ether oxygens (including phenoxy) is 1. The third-order valence-electron chi connectivity index (χ3n) is 6.42. The molecule has 2 fully saturated rings. The minimum atomic E-state index is -3.40. The number of rotatable bonds is 8. The van der Waals surface area contributed by atoms with E-state index in [2.05, 4.69) is 43.0 Å². The van der Waals surface area contributed by atoms with E-state index < -0.39 is 10.0 Å². The Morgan fingerprint density at radius 2 is 1.61 bits per heavy atom. The zero-order valence-corrected chi connectivity index (χ0v) is 19.5. The lowest BCUT2D eigenvalue weighted by Crippen LogP contribution is -2.58. The van der Waals surface area contributed by atoms with Crippen molar-refractivity contribution in [3.63, 3.8) is 0 Å². The molecule has 0 N–H and O–H groups in total. The summed E-state index contributed by atoms with van der Waals surface area (Å²) < 4.78 is 33.5. The Morgan fingerprint density at radius 3 is 2.23 bits per heavy atom. The molecule has 2 aliphatic rings. The number of hydrogen-bond acceptors (Lipinski definition) is 4. The minimum Gasteiger partial charge on any atom is -0.381 e. The first-order chi connectivity index (χ1) is 14.9. The molecule has 0 amide bonds. The molecular weight excluding hydrogens is 408 g/mol. The molecule has 0 bridgehead atoms. The zero-order valence-electron chi connectivity index (χ0n) is 18.7. The summed E-state index contributed by atoms with van der Waals surface area (Å²) in [5, 5.41) is 0. The van der Waals surface area contributed by atoms with E-state index in [4.69, 9.17) is 4.74 Å². The summed E-state index contributed by atoms with van der Waals surface area (Å²) in [6.45, 7) is 9.02. The summed E-state index contributed by atoms with van der Waals surface area (Å²) in [7, 11) is -3.40. The molecule has 0 aromatic heterocycles. The average Bonchev–Trinajstić information content (AvgIpc) is 2.73. The van der Waals surface area contributed by atoms with Gasteiger partial charge in [-0.25, -0.2) is 8.42 Å². The smallest absolute Gasteiger partial charge is 0.218 e. The number of hydrogen-bond donors (Lipinski definition) is 0. The Balaban J connectivity index is 1.41. The lowest BCUT2D eigenvalue weighted by Gasteiger charge is -2.53. The van der Waals surface area contributed by atoms with Crippen LogP contribution in [0, 0.1) is 11.3 Å². The van der Waals surface area contributed by atoms with E-state index in [-0.39, 0.29) is 11.7 Å². The van der Waals surface area contributed by atoms with Gasteiger partial charge in [0.15, 0.2) is 0 Å². The van der Waals surface area contributed by atoms with Crippen molar-refractivity contribution in [1.29, 1.82) is 0 Å². The van der Waals surface area contributed by atoms with E-state index in [0.717, 1.165) is 50.3 Å². The number of nitrogens with zero attached hydrogens (tertiary/aromatic N) is 2. The highest BCUT2D eigenvalue weighted by Gasteiger charge is 2.43. The molecular formula is C25H34N2O3S. The van der Waals surface area contributed by atoms with E-state index >= 15 is 0 Å². The lowest BCUT2D eigenvalue weighted by atomic mass is 9.73. The van der Waals surface area contributed by atoms with Crippen LogP contribution in [-0.4, -0.2) is 45.6 Å². The fourth-order valence-corrected chi connectivity index (χ4v) is 6.31. The molecule has 31 heavy (non-hydrogen) atoms. The zero-order chi connectivity index (χ0) is 21.9. The van der Waals surface area contributed by atoms with E-state index in [9.17, 15) is 8.42 Å². The predicted molar refractivity (Wildman–Crippen MR) is 125 cm³/mol. The van der Waals surface area contributed by atoms with Crippen molar-refractivity contribution in [2.24, 2.45) is 11.3 Å². The van der Waals surface area contributed by atoms with Crippen molar-refractivity contribution in [2.75, 3.05) is 37.7 Å². The Morgan fingerprint density at radius 1 is 0.968 bits per heavy atom. The van der Waals surface area contributed by atoms with Crippen LogP contribution in [0.2, 0.25) is 0 Å². The fraction of sp³-hybridized carbons (Fsp3) is 0.520. The van der Waals surface area contributed by atoms with E-state index in [0.29, 0.717) is 18.5 Å². The first-order valence-electron chi connectivity index (χ1n) is 11.3. The standard InChI is InChI=1S/C25H34N2O3S/c1-21(2)16-27(31(28,29)18-23-6-4-3-5-7-23)17-22-8-10-24(11-9-22)26-19-25(20-26)12-14-30-15-13-25/h3-11,21H,12-20H2,1-2H3. The fourth-order valence-electron chi connectivity index (χ4n) is 4.64. The monoisotopic (exact) mass is 442 g/mol. The van der Waals surface area contributed by atoms with Crippen molar-refractivity contribution in [3.05, 3.63) is 65.7 Å². The molecule has 5 nitrogen and oxygen atoms in total. The van der Waals surface area contributed by atoms with E-state index in [1.807, 2.05) is 30.3 Å². The maximum absolute atomic E-state index is 13.1. The van der Waals surface area contributed by atoms with Gasteiger partial charge in [0.1, 0.15) is 0 Å². The summed E-state index contributed by atoms with van der Waals surface area (Å²) in [4.78, 5) is 2.42. The molecule has 2 saturated heterocycles. The second-order valence-electron chi connectivity index (χ2n) is 9.56. The van der Waals surface area contributed by atoms with Crippen LogP contribution in [0.4, 0.5) is 5.69 Å². The molecule has 2 aromatic rings. The van der Waals surface area contributed by atoms with Gasteiger partial charge < -0.3 is 9.64 Å². The third-order valence-corrected chi connectivity index (χ3v) is 8.18. The molecule has 4 rings (SSSR count). The highest BCUT2D eigenvalue weighted by molar-refractivity contribution is 7.88. The highest BCUT2D eigenvalue weighted by Crippen LogP contribution is 2.42. The Kier molecular flexibility index (Phi) is 6.70. The van der Waals surface area contributed by atoms with Gasteiger partial charge in [-0.1, -0.05) is 56.3 Å². The Bertz CT molecular complexity index is 944. The van der Waals surface area contributed by atoms with Gasteiger partial charge in [-0.05, 0) is 42.0 Å². The van der Waals surface area contributed by atoms with Crippen molar-refractivity contribution in [2.45, 2.75) is 39.0 Å². The molecule has 2 heterocycles. The van der Waals surface area contributed by atoms with Crippen LogP contribution >= 0.6 is 0 Å². The van der Waals surface area contributed by atoms with Crippen molar-refractivity contribution < 1.29 is 13.2 Å². The SMILES string of the molecule is CC(C)CN(Cc1ccc(N2CC3(CCOCC3)C2)cc1)S(=O)(=O)Cc1ccccc1. The highest BCUT2D eigenvalue weighted by atomic mass is 32.2. The summed E-state index contributed by atoms with van der Waals surface area (Å²) >= 11 is 0. The molecule has 1 spiro atoms. The lowest BCUT2D eigenvalue weighted by molar-refractivity contribution is -0.000192. The van der Waals surface area contributed by atoms with Gasteiger partial charge in [-0.3, -0.25) is 0 Å². The predicted octanol–water partition coefficient (Wildman–Crippen LogP) is 4.29. The van der Waals surface area contributed by atoms with Crippen LogP contribution in [0.15, 0.2) is 54.6 Å². The normalized spacial score (nSPS) is 18.5. The number of anilines is 1. The Hall–Kier alpha value is -1.89. The maximum atomic E-state index is 13.1. The van der Waals surface area contributed by atoms with Crippen molar-refractivity contribution in [3.8, 4) is 0 Å². The van der Waals surface area contributed by atoms with Crippen LogP contribution in [-0.2, 0) is 27.1 Å². The molecule has 6 heteroatoms. The minimum absolute atomic E-state index is 0.0399. The van der Waals surface area contributed by atoms with Gasteiger partial charge in [0.25, 0.3) is 0 Å². The maximum Gasteiger partial charge on any atom is 0.218 e. The van der Waals surface area contributed by atoms with Crippen LogP contribution in [0.1, 0.15) is 37.8 Å². The molecule has 2 aromatic carbocycles. The second-order valence-corrected chi connectivity index (χ2v) is 11.5. The van der Waals surface area contributed by atoms with Crippen LogP contribution in [0.3, 0.4) is 0 Å². The van der Waals surface area contributed by atoms with Gasteiger partial charge in [0.2, 0.25) is 10.0 Å². The van der Waals surface area contributed by atoms with Crippen LogP contribution in [0.5, 0.6) is 0 Å². The number of benzene rings is 2. The summed E-state index contributed by atoms with van der Waals surface area (Å²) in [5.41, 5.74) is 3.52. The first-order valence-corrected chi connectivity index (χ1v) is 12.9. The molecule has 0 atom stereocenters. The van der Waals surface area contributed by atoms with E-state index in [1.165, 1.54) is 5.69 Å². The van der Waals surface area contributed by atoms with Crippen molar-refractivity contribution in [1.82, 2.24) is 4.31 Å². The topological polar surface area (TPSA) is 49.9 Å². The van der Waals surface area contributed by atoms with Gasteiger partial charge in [0.05, 0.1) is 5.75 Å². The molecule has 0 saturated carbocycles. The van der Waals surface area contributed by atoms with Crippen molar-refractivity contribution >= 4 is 15.7 Å². The summed E-state index contributed by atoms with van der Waals surface area (Å²) in [6, 6.07) is 17.9. The van der Waals surface area contributed by atoms with Gasteiger partial charge in [-0.15, -0.1) is 0 Å². The second kappa shape index (κ2) is 9.31. The van der Waals surface area contributed by atoms with Gasteiger partial charge >= 0.3 is 0 Å². The first kappa shape index (κ1) is 22.3. The quantitative estimate of drug-likeness (QED) is 0.612. The Labute approximate surface area is 187 Å². The third kappa shape index (κ3) is 5.48. The largest absolute Gasteiger partial charge is 0.381 e. The molecule has 2 aliphatic heterocycles. The van der Waals surface area contributed by atoms with Gasteiger partial charge in [-0.2, -0.15) is 4.31 Å². The summed E-state index contributed by atoms with van der Waals surface area (Å²) in [5.74, 6) is 0.305. The van der Waals surface area contributed by atoms with Crippen LogP contribution < -0.4 is 4.90 Å². The molecule has 0 radical (unpaired) electrons. The van der Waals surface area contributed by atoms with Crippen LogP contribution in [0.25, 0.3) is 0 Å². The summed E-state index contributed by atoms with van der Waals surface area (Å²) in [6.07, 6.45) is 2.32.